The second kappa shape index (κ2) is 9.02. The van der Waals surface area contributed by atoms with Gasteiger partial charge in [-0.1, -0.05) is 13.3 Å². The molecule has 0 unspecified atom stereocenters. The van der Waals surface area contributed by atoms with Crippen LogP contribution >= 0.6 is 0 Å². The van der Waals surface area contributed by atoms with Gasteiger partial charge in [-0.3, -0.25) is 0 Å². The highest BCUT2D eigenvalue weighted by atomic mass is 19.1. The third kappa shape index (κ3) is 4.64. The number of halogens is 4. The monoisotopic (exact) mass is 418 g/mol. The minimum Gasteiger partial charge on any atom is -0.423 e. The van der Waals surface area contributed by atoms with Gasteiger partial charge in [0.2, 0.25) is 0 Å². The molecule has 0 bridgehead atoms. The van der Waals surface area contributed by atoms with Crippen LogP contribution < -0.4 is 4.74 Å². The number of nitrogens with zero attached hydrogens (tertiary/aromatic N) is 2. The molecule has 0 fully saturated rings. The molecule has 0 N–H and O–H groups in total. The minimum absolute atomic E-state index is 0.0380. The Morgan fingerprint density at radius 2 is 1.50 bits per heavy atom. The average Bonchev–Trinajstić information content (AvgIpc) is 2.70. The van der Waals surface area contributed by atoms with Crippen LogP contribution in [0.15, 0.2) is 36.7 Å². The summed E-state index contributed by atoms with van der Waals surface area (Å²) in [5.41, 5.74) is -0.313. The molecule has 1 aromatic heterocycles. The van der Waals surface area contributed by atoms with Gasteiger partial charge in [0.15, 0.2) is 5.82 Å². The van der Waals surface area contributed by atoms with Crippen molar-refractivity contribution in [2.45, 2.75) is 33.1 Å². The van der Waals surface area contributed by atoms with E-state index in [1.807, 2.05) is 0 Å². The number of carbonyl (C=O) groups is 1. The summed E-state index contributed by atoms with van der Waals surface area (Å²) >= 11 is 0. The molecule has 3 rings (SSSR count). The van der Waals surface area contributed by atoms with Crippen molar-refractivity contribution in [2.75, 3.05) is 0 Å². The fourth-order valence-corrected chi connectivity index (χ4v) is 2.75. The zero-order valence-electron chi connectivity index (χ0n) is 16.3. The largest absolute Gasteiger partial charge is 0.423 e. The molecule has 3 aromatic rings. The highest BCUT2D eigenvalue weighted by Crippen LogP contribution is 2.25. The van der Waals surface area contributed by atoms with Crippen LogP contribution in [-0.2, 0) is 6.42 Å². The first-order valence-electron chi connectivity index (χ1n) is 9.28. The molecule has 0 spiro atoms. The van der Waals surface area contributed by atoms with Crippen LogP contribution in [0.25, 0.3) is 11.4 Å². The number of aryl methyl sites for hydroxylation is 1. The number of benzene rings is 2. The van der Waals surface area contributed by atoms with Gasteiger partial charge in [0.25, 0.3) is 0 Å². The molecule has 30 heavy (non-hydrogen) atoms. The number of carbonyl (C=O) groups excluding carboxylic acids is 1. The predicted octanol–water partition coefficient (Wildman–Crippen LogP) is 5.57. The lowest BCUT2D eigenvalue weighted by Crippen LogP contribution is -2.14. The van der Waals surface area contributed by atoms with Gasteiger partial charge in [-0.05, 0) is 37.5 Å². The summed E-state index contributed by atoms with van der Waals surface area (Å²) in [4.78, 5) is 20.4. The number of hydrogen-bond acceptors (Lipinski definition) is 4. The molecule has 0 aliphatic rings. The molecule has 0 radical (unpaired) electrons. The van der Waals surface area contributed by atoms with E-state index < -0.39 is 40.6 Å². The maximum atomic E-state index is 14.5. The van der Waals surface area contributed by atoms with Gasteiger partial charge in [-0.25, -0.2) is 32.3 Å². The van der Waals surface area contributed by atoms with Crippen molar-refractivity contribution in [2.24, 2.45) is 0 Å². The van der Waals surface area contributed by atoms with E-state index in [1.54, 1.807) is 12.4 Å². The van der Waals surface area contributed by atoms with Crippen molar-refractivity contribution in [1.82, 2.24) is 9.97 Å². The first-order valence-corrected chi connectivity index (χ1v) is 9.28. The van der Waals surface area contributed by atoms with E-state index in [-0.39, 0.29) is 17.0 Å². The Bertz CT molecular complexity index is 1040. The Kier molecular flexibility index (Phi) is 6.44. The average molecular weight is 418 g/mol. The molecule has 4 nitrogen and oxygen atoms in total. The molecular weight excluding hydrogens is 400 g/mol. The Morgan fingerprint density at radius 1 is 0.933 bits per heavy atom. The molecule has 0 atom stereocenters. The summed E-state index contributed by atoms with van der Waals surface area (Å²) in [6, 6.07) is 3.32. The Balaban J connectivity index is 1.84. The van der Waals surface area contributed by atoms with E-state index in [2.05, 4.69) is 16.9 Å². The molecule has 0 aliphatic carbocycles. The van der Waals surface area contributed by atoms with Crippen LogP contribution in [0.3, 0.4) is 0 Å². The second-order valence-corrected chi connectivity index (χ2v) is 6.73. The van der Waals surface area contributed by atoms with Crippen LogP contribution in [0, 0.1) is 30.2 Å². The van der Waals surface area contributed by atoms with Crippen LogP contribution in [-0.4, -0.2) is 15.9 Å². The molecule has 156 valence electrons. The number of aromatic nitrogens is 2. The summed E-state index contributed by atoms with van der Waals surface area (Å²) in [5.74, 6) is -6.15. The second-order valence-electron chi connectivity index (χ2n) is 6.73. The molecule has 2 aromatic carbocycles. The van der Waals surface area contributed by atoms with Gasteiger partial charge in [0.05, 0.1) is 0 Å². The lowest BCUT2D eigenvalue weighted by molar-refractivity contribution is 0.0723. The van der Waals surface area contributed by atoms with E-state index in [1.165, 1.54) is 6.92 Å². The van der Waals surface area contributed by atoms with E-state index in [0.29, 0.717) is 0 Å². The summed E-state index contributed by atoms with van der Waals surface area (Å²) in [7, 11) is 0. The van der Waals surface area contributed by atoms with Gasteiger partial charge in [0.1, 0.15) is 34.6 Å². The summed E-state index contributed by atoms with van der Waals surface area (Å²) in [5, 5.41) is 0. The predicted molar refractivity (Wildman–Crippen MR) is 102 cm³/mol. The quantitative estimate of drug-likeness (QED) is 0.298. The number of unbranched alkanes of at least 4 members (excludes halogenated alkanes) is 1. The van der Waals surface area contributed by atoms with Crippen molar-refractivity contribution in [3.63, 3.8) is 0 Å². The molecular formula is C22H18F4N2O2. The number of rotatable bonds is 6. The van der Waals surface area contributed by atoms with Crippen LogP contribution in [0.2, 0.25) is 0 Å². The van der Waals surface area contributed by atoms with E-state index in [0.717, 1.165) is 49.1 Å². The Labute approximate surface area is 170 Å². The highest BCUT2D eigenvalue weighted by molar-refractivity contribution is 5.92. The lowest BCUT2D eigenvalue weighted by atomic mass is 10.1. The number of hydrogen-bond donors (Lipinski definition) is 0. The fourth-order valence-electron chi connectivity index (χ4n) is 2.75. The zero-order valence-corrected chi connectivity index (χ0v) is 16.3. The molecule has 0 saturated carbocycles. The van der Waals surface area contributed by atoms with Crippen LogP contribution in [0.1, 0.15) is 41.3 Å². The minimum atomic E-state index is -1.42. The van der Waals surface area contributed by atoms with E-state index in [4.69, 9.17) is 4.74 Å². The SMILES string of the molecule is CCCCc1cnc(-c2cc(F)c(C(=O)Oc3cc(F)c(C)c(F)c3)c(F)c2)nc1. The normalized spacial score (nSPS) is 10.9. The third-order valence-electron chi connectivity index (χ3n) is 4.49. The van der Waals surface area contributed by atoms with Crippen molar-refractivity contribution < 1.29 is 27.1 Å². The van der Waals surface area contributed by atoms with Gasteiger partial charge in [-0.2, -0.15) is 0 Å². The standard InChI is InChI=1S/C22H18F4N2O2/c1-3-4-5-13-10-27-21(28-11-13)14-6-18(25)20(19(26)7-14)22(29)30-15-8-16(23)12(2)17(24)9-15/h6-11H,3-5H2,1-2H3. The number of esters is 1. The van der Waals surface area contributed by atoms with Crippen LogP contribution in [0.4, 0.5) is 17.6 Å². The molecule has 8 heteroatoms. The Hall–Kier alpha value is -3.29. The third-order valence-corrected chi connectivity index (χ3v) is 4.49. The van der Waals surface area contributed by atoms with Crippen molar-refractivity contribution in [3.05, 3.63) is 76.6 Å². The number of ether oxygens (including phenoxy) is 1. The van der Waals surface area contributed by atoms with E-state index >= 15 is 0 Å². The summed E-state index contributed by atoms with van der Waals surface area (Å²) in [6.45, 7) is 3.26. The maximum Gasteiger partial charge on any atom is 0.349 e. The smallest absolute Gasteiger partial charge is 0.349 e. The molecule has 1 heterocycles. The molecule has 0 saturated heterocycles. The molecule has 0 aliphatic heterocycles. The van der Waals surface area contributed by atoms with Crippen molar-refractivity contribution >= 4 is 5.97 Å². The first kappa shape index (κ1) is 21.4. The van der Waals surface area contributed by atoms with Gasteiger partial charge in [0, 0.05) is 35.7 Å². The van der Waals surface area contributed by atoms with E-state index in [9.17, 15) is 22.4 Å². The maximum absolute atomic E-state index is 14.5. The fraction of sp³-hybridized carbons (Fsp3) is 0.227. The topological polar surface area (TPSA) is 52.1 Å². The first-order chi connectivity index (χ1) is 14.3. The highest BCUT2D eigenvalue weighted by Gasteiger charge is 2.23. The zero-order chi connectivity index (χ0) is 21.8. The Morgan fingerprint density at radius 3 is 2.03 bits per heavy atom. The lowest BCUT2D eigenvalue weighted by Gasteiger charge is -2.09. The van der Waals surface area contributed by atoms with Crippen LogP contribution in [0.5, 0.6) is 5.75 Å². The van der Waals surface area contributed by atoms with Gasteiger partial charge in [-0.15, -0.1) is 0 Å². The van der Waals surface area contributed by atoms with Crippen molar-refractivity contribution in [3.8, 4) is 17.1 Å². The summed E-state index contributed by atoms with van der Waals surface area (Å²) < 4.78 is 60.9. The van der Waals surface area contributed by atoms with Gasteiger partial charge < -0.3 is 4.74 Å². The molecule has 0 amide bonds. The van der Waals surface area contributed by atoms with Gasteiger partial charge >= 0.3 is 5.97 Å². The summed E-state index contributed by atoms with van der Waals surface area (Å²) in [6.07, 6.45) is 5.94. The van der Waals surface area contributed by atoms with Crippen molar-refractivity contribution in [1.29, 1.82) is 0 Å².